The summed E-state index contributed by atoms with van der Waals surface area (Å²) in [4.78, 5) is 0. The van der Waals surface area contributed by atoms with E-state index in [-0.39, 0.29) is 24.0 Å². The third-order valence-corrected chi connectivity index (χ3v) is 6.37. The molecule has 154 valence electrons. The van der Waals surface area contributed by atoms with Crippen molar-refractivity contribution in [1.29, 1.82) is 0 Å². The number of aromatic hydroxyl groups is 1. The van der Waals surface area contributed by atoms with Crippen molar-refractivity contribution in [2.75, 3.05) is 6.61 Å². The molecular formula is C24H40O3. The van der Waals surface area contributed by atoms with Crippen LogP contribution in [0.25, 0.3) is 0 Å². The van der Waals surface area contributed by atoms with Gasteiger partial charge >= 0.3 is 0 Å². The molecule has 1 aromatic carbocycles. The van der Waals surface area contributed by atoms with Crippen LogP contribution in [0.2, 0.25) is 0 Å². The first-order valence-electron chi connectivity index (χ1n) is 11.0. The minimum atomic E-state index is -0.251. The number of hydrogen-bond acceptors (Lipinski definition) is 3. The summed E-state index contributed by atoms with van der Waals surface area (Å²) in [6, 6.07) is 4.31. The lowest BCUT2D eigenvalue weighted by atomic mass is 9.74. The highest BCUT2D eigenvalue weighted by atomic mass is 16.3. The van der Waals surface area contributed by atoms with Gasteiger partial charge in [0, 0.05) is 6.61 Å². The number of benzene rings is 1. The first-order valence-corrected chi connectivity index (χ1v) is 11.0. The van der Waals surface area contributed by atoms with Crippen molar-refractivity contribution in [2.24, 2.45) is 0 Å². The number of unbranched alkanes of at least 4 members (excludes halogenated alkanes) is 3. The summed E-state index contributed by atoms with van der Waals surface area (Å²) in [5.41, 5.74) is 3.25. The quantitative estimate of drug-likeness (QED) is 0.467. The van der Waals surface area contributed by atoms with E-state index < -0.39 is 0 Å². The van der Waals surface area contributed by atoms with E-state index in [4.69, 9.17) is 0 Å². The summed E-state index contributed by atoms with van der Waals surface area (Å²) in [6.07, 6.45) is 10.9. The molecule has 3 heteroatoms. The number of aliphatic hydroxyl groups is 2. The molecule has 3 N–H and O–H groups in total. The van der Waals surface area contributed by atoms with E-state index in [2.05, 4.69) is 32.9 Å². The summed E-state index contributed by atoms with van der Waals surface area (Å²) < 4.78 is 0. The Morgan fingerprint density at radius 3 is 2.52 bits per heavy atom. The highest BCUT2D eigenvalue weighted by molar-refractivity contribution is 5.50. The van der Waals surface area contributed by atoms with Crippen molar-refractivity contribution in [3.8, 4) is 5.75 Å². The molecule has 0 heterocycles. The van der Waals surface area contributed by atoms with Gasteiger partial charge in [-0.05, 0) is 66.5 Å². The average molecular weight is 377 g/mol. The second-order valence-corrected chi connectivity index (χ2v) is 9.07. The second kappa shape index (κ2) is 10.5. The van der Waals surface area contributed by atoms with Gasteiger partial charge in [-0.15, -0.1) is 0 Å². The number of phenolic OH excluding ortho intramolecular Hbond substituents is 1. The normalized spacial score (nSPS) is 20.8. The van der Waals surface area contributed by atoms with E-state index in [1.165, 1.54) is 31.2 Å². The molecule has 2 atom stereocenters. The fourth-order valence-electron chi connectivity index (χ4n) is 4.70. The van der Waals surface area contributed by atoms with Crippen LogP contribution in [0.3, 0.4) is 0 Å². The van der Waals surface area contributed by atoms with Crippen molar-refractivity contribution in [1.82, 2.24) is 0 Å². The van der Waals surface area contributed by atoms with Gasteiger partial charge in [-0.3, -0.25) is 0 Å². The Labute approximate surface area is 165 Å². The zero-order valence-corrected chi connectivity index (χ0v) is 17.6. The minimum Gasteiger partial charge on any atom is -0.507 e. The van der Waals surface area contributed by atoms with Crippen molar-refractivity contribution < 1.29 is 15.3 Å². The summed E-state index contributed by atoms with van der Waals surface area (Å²) in [6.45, 7) is 6.93. The van der Waals surface area contributed by atoms with E-state index >= 15 is 0 Å². The summed E-state index contributed by atoms with van der Waals surface area (Å²) >= 11 is 0. The van der Waals surface area contributed by atoms with Gasteiger partial charge in [-0.1, -0.05) is 65.0 Å². The van der Waals surface area contributed by atoms with E-state index in [9.17, 15) is 15.3 Å². The maximum absolute atomic E-state index is 11.1. The third kappa shape index (κ3) is 5.96. The first-order chi connectivity index (χ1) is 12.9. The molecule has 2 rings (SSSR count). The lowest BCUT2D eigenvalue weighted by molar-refractivity contribution is 0.119. The van der Waals surface area contributed by atoms with Crippen LogP contribution in [0.4, 0.5) is 0 Å². The molecule has 1 aromatic rings. The molecule has 0 aromatic heterocycles. The average Bonchev–Trinajstić information content (AvgIpc) is 2.64. The molecule has 0 amide bonds. The molecule has 1 saturated carbocycles. The molecule has 1 aliphatic rings. The van der Waals surface area contributed by atoms with Crippen molar-refractivity contribution in [2.45, 2.75) is 109 Å². The van der Waals surface area contributed by atoms with Crippen LogP contribution in [0.15, 0.2) is 12.1 Å². The van der Waals surface area contributed by atoms with Crippen molar-refractivity contribution >= 4 is 0 Å². The summed E-state index contributed by atoms with van der Waals surface area (Å²) in [5.74, 6) is 0.657. The number of phenols is 1. The van der Waals surface area contributed by atoms with Gasteiger partial charge in [0.25, 0.3) is 0 Å². The Bertz CT molecular complexity index is 579. The van der Waals surface area contributed by atoms with Crippen LogP contribution < -0.4 is 0 Å². The molecule has 0 spiro atoms. The van der Waals surface area contributed by atoms with Crippen LogP contribution in [-0.4, -0.2) is 28.0 Å². The fraction of sp³-hybridized carbons (Fsp3) is 0.750. The van der Waals surface area contributed by atoms with Crippen molar-refractivity contribution in [3.63, 3.8) is 0 Å². The zero-order chi connectivity index (χ0) is 19.9. The second-order valence-electron chi connectivity index (χ2n) is 9.07. The molecule has 3 nitrogen and oxygen atoms in total. The standard InChI is InChI=1S/C24H40O3/c1-4-5-6-7-15-24(2,3)22-14-13-20(18-10-8-11-19(26)17-18)23(27)21(22)12-9-16-25/h13-14,18-19,25-27H,4-12,15-17H2,1-3H3. The highest BCUT2D eigenvalue weighted by Gasteiger charge is 2.29. The predicted octanol–water partition coefficient (Wildman–Crippen LogP) is 5.58. The van der Waals surface area contributed by atoms with Gasteiger partial charge in [0.15, 0.2) is 0 Å². The summed E-state index contributed by atoms with van der Waals surface area (Å²) in [5, 5.41) is 30.5. The molecule has 1 fully saturated rings. The van der Waals surface area contributed by atoms with E-state index in [0.29, 0.717) is 18.6 Å². The molecular weight excluding hydrogens is 336 g/mol. The van der Waals surface area contributed by atoms with Crippen LogP contribution in [0.1, 0.15) is 108 Å². The fourth-order valence-corrected chi connectivity index (χ4v) is 4.70. The Kier molecular flexibility index (Phi) is 8.62. The monoisotopic (exact) mass is 376 g/mol. The Morgan fingerprint density at radius 2 is 1.85 bits per heavy atom. The molecule has 0 radical (unpaired) electrons. The first kappa shape index (κ1) is 22.2. The minimum absolute atomic E-state index is 0.0145. The van der Waals surface area contributed by atoms with Gasteiger partial charge in [0.05, 0.1) is 6.10 Å². The Hall–Kier alpha value is -1.06. The van der Waals surface area contributed by atoms with E-state index in [1.807, 2.05) is 0 Å². The number of hydrogen-bond donors (Lipinski definition) is 3. The van der Waals surface area contributed by atoms with E-state index in [1.54, 1.807) is 0 Å². The highest BCUT2D eigenvalue weighted by Crippen LogP contribution is 2.43. The Balaban J connectivity index is 2.29. The number of rotatable bonds is 10. The van der Waals surface area contributed by atoms with Gasteiger partial charge in [-0.2, -0.15) is 0 Å². The van der Waals surface area contributed by atoms with Crippen LogP contribution in [0.5, 0.6) is 5.75 Å². The SMILES string of the molecule is CCCCCCC(C)(C)c1ccc(C2CCCC(O)C2)c(O)c1CCCO. The predicted molar refractivity (Wildman–Crippen MR) is 113 cm³/mol. The third-order valence-electron chi connectivity index (χ3n) is 6.37. The van der Waals surface area contributed by atoms with Crippen LogP contribution in [-0.2, 0) is 11.8 Å². The molecule has 0 aliphatic heterocycles. The lowest BCUT2D eigenvalue weighted by Crippen LogP contribution is -2.22. The lowest BCUT2D eigenvalue weighted by Gasteiger charge is -2.32. The molecule has 0 bridgehead atoms. The van der Waals surface area contributed by atoms with Crippen LogP contribution >= 0.6 is 0 Å². The zero-order valence-electron chi connectivity index (χ0n) is 17.6. The summed E-state index contributed by atoms with van der Waals surface area (Å²) in [7, 11) is 0. The van der Waals surface area contributed by atoms with Crippen LogP contribution in [0, 0.1) is 0 Å². The van der Waals surface area contributed by atoms with Gasteiger partial charge < -0.3 is 15.3 Å². The number of aliphatic hydroxyl groups excluding tert-OH is 2. The smallest absolute Gasteiger partial charge is 0.122 e. The largest absolute Gasteiger partial charge is 0.507 e. The Morgan fingerprint density at radius 1 is 1.07 bits per heavy atom. The van der Waals surface area contributed by atoms with Gasteiger partial charge in [0.1, 0.15) is 5.75 Å². The molecule has 2 unspecified atom stereocenters. The van der Waals surface area contributed by atoms with Crippen molar-refractivity contribution in [3.05, 3.63) is 28.8 Å². The molecule has 1 aliphatic carbocycles. The van der Waals surface area contributed by atoms with Gasteiger partial charge in [0.2, 0.25) is 0 Å². The topological polar surface area (TPSA) is 60.7 Å². The maximum Gasteiger partial charge on any atom is 0.122 e. The maximum atomic E-state index is 11.1. The van der Waals surface area contributed by atoms with Gasteiger partial charge in [-0.25, -0.2) is 0 Å². The molecule has 0 saturated heterocycles. The van der Waals surface area contributed by atoms with E-state index in [0.717, 1.165) is 43.2 Å². The molecule has 27 heavy (non-hydrogen) atoms.